The summed E-state index contributed by atoms with van der Waals surface area (Å²) >= 11 is 0. The van der Waals surface area contributed by atoms with Gasteiger partial charge in [-0.25, -0.2) is 28.7 Å². The van der Waals surface area contributed by atoms with Crippen LogP contribution in [0, 0.1) is 11.6 Å². The fourth-order valence-corrected chi connectivity index (χ4v) is 4.81. The number of nitrogens with zero attached hydrogens (tertiary/aromatic N) is 5. The Balaban J connectivity index is 1.41. The van der Waals surface area contributed by atoms with Gasteiger partial charge in [0.05, 0.1) is 11.3 Å². The number of aromatic nitrogens is 5. The average Bonchev–Trinajstić information content (AvgIpc) is 3.46. The van der Waals surface area contributed by atoms with Crippen LogP contribution in [-0.4, -0.2) is 30.2 Å². The number of carbonyl (C=O) groups excluding carboxylic acids is 1. The normalized spacial score (nSPS) is 16.7. The van der Waals surface area contributed by atoms with E-state index in [1.807, 2.05) is 0 Å². The fraction of sp³-hybridized carbons (Fsp3) is 0.148. The molecule has 3 N–H and O–H groups in total. The third-order valence-corrected chi connectivity index (χ3v) is 6.81. The van der Waals surface area contributed by atoms with Gasteiger partial charge in [0.2, 0.25) is 5.91 Å². The molecule has 0 fully saturated rings. The molecule has 1 aliphatic rings. The van der Waals surface area contributed by atoms with Crippen molar-refractivity contribution in [3.63, 3.8) is 0 Å². The van der Waals surface area contributed by atoms with Gasteiger partial charge in [-0.1, -0.05) is 30.3 Å². The number of hydrogen-bond donors (Lipinski definition) is 2. The summed E-state index contributed by atoms with van der Waals surface area (Å²) in [6.45, 7) is 1.71. The van der Waals surface area contributed by atoms with Gasteiger partial charge in [-0.3, -0.25) is 4.79 Å². The van der Waals surface area contributed by atoms with E-state index in [-0.39, 0.29) is 29.2 Å². The smallest absolute Gasteiger partial charge is 0.240 e. The van der Waals surface area contributed by atoms with E-state index in [0.717, 1.165) is 0 Å². The molecule has 1 unspecified atom stereocenters. The van der Waals surface area contributed by atoms with Crippen molar-refractivity contribution >= 4 is 23.2 Å². The molecular weight excluding hydrogens is 476 g/mol. The highest BCUT2D eigenvalue weighted by Gasteiger charge is 2.47. The number of imidazole rings is 1. The second-order valence-electron chi connectivity index (χ2n) is 9.06. The molecule has 184 valence electrons. The maximum Gasteiger partial charge on any atom is 0.240 e. The molecule has 0 radical (unpaired) electrons. The van der Waals surface area contributed by atoms with Crippen molar-refractivity contribution in [2.45, 2.75) is 25.2 Å². The summed E-state index contributed by atoms with van der Waals surface area (Å²) in [6.07, 6.45) is 6.03. The standard InChI is InChI=1S/C27H21F2N7O/c1-27(16-7-9-17(28)10-8-16)21-22(30)33-23(34-24(21)35-26(27)37)20-14-36-13-12-31-25(36)19(32-20)11-6-15-4-2-3-5-18(15)29/h2-5,7-10,12-14H,6,11H2,1H3,(H3,30,33,34,35,37). The zero-order chi connectivity index (χ0) is 25.7. The average molecular weight is 498 g/mol. The molecule has 0 aliphatic carbocycles. The maximum atomic E-state index is 14.2. The van der Waals surface area contributed by atoms with E-state index >= 15 is 0 Å². The largest absolute Gasteiger partial charge is 0.383 e. The minimum absolute atomic E-state index is 0.116. The Morgan fingerprint density at radius 1 is 1.03 bits per heavy atom. The molecule has 0 spiro atoms. The summed E-state index contributed by atoms with van der Waals surface area (Å²) in [6, 6.07) is 12.3. The number of nitrogens with one attached hydrogen (secondary N) is 1. The van der Waals surface area contributed by atoms with Crippen LogP contribution < -0.4 is 11.1 Å². The highest BCUT2D eigenvalue weighted by molar-refractivity contribution is 6.09. The molecule has 10 heteroatoms. The van der Waals surface area contributed by atoms with E-state index in [1.54, 1.807) is 60.2 Å². The summed E-state index contributed by atoms with van der Waals surface area (Å²) in [4.78, 5) is 31.3. The first-order valence-corrected chi connectivity index (χ1v) is 11.7. The molecule has 2 aromatic carbocycles. The van der Waals surface area contributed by atoms with Gasteiger partial charge in [-0.15, -0.1) is 0 Å². The quantitative estimate of drug-likeness (QED) is 0.378. The summed E-state index contributed by atoms with van der Waals surface area (Å²) in [7, 11) is 0. The lowest BCUT2D eigenvalue weighted by Crippen LogP contribution is -2.33. The van der Waals surface area contributed by atoms with E-state index < -0.39 is 11.2 Å². The van der Waals surface area contributed by atoms with Gasteiger partial charge in [0.25, 0.3) is 0 Å². The van der Waals surface area contributed by atoms with Gasteiger partial charge < -0.3 is 15.5 Å². The van der Waals surface area contributed by atoms with E-state index in [9.17, 15) is 13.6 Å². The van der Waals surface area contributed by atoms with Crippen LogP contribution in [0.15, 0.2) is 67.1 Å². The number of nitrogen functional groups attached to an aromatic ring is 1. The fourth-order valence-electron chi connectivity index (χ4n) is 4.81. The molecule has 1 aliphatic heterocycles. The Morgan fingerprint density at radius 2 is 1.81 bits per heavy atom. The molecule has 37 heavy (non-hydrogen) atoms. The molecule has 0 saturated carbocycles. The number of halogens is 2. The van der Waals surface area contributed by atoms with Crippen molar-refractivity contribution in [3.05, 3.63) is 101 Å². The van der Waals surface area contributed by atoms with Crippen LogP contribution in [0.4, 0.5) is 20.4 Å². The molecule has 6 rings (SSSR count). The van der Waals surface area contributed by atoms with Gasteiger partial charge in [0.15, 0.2) is 11.5 Å². The molecule has 3 aromatic heterocycles. The summed E-state index contributed by atoms with van der Waals surface area (Å²) in [5.41, 5.74) is 8.51. The van der Waals surface area contributed by atoms with Crippen molar-refractivity contribution in [1.29, 1.82) is 0 Å². The van der Waals surface area contributed by atoms with E-state index in [0.29, 0.717) is 46.6 Å². The summed E-state index contributed by atoms with van der Waals surface area (Å²) in [5, 5.41) is 2.80. The number of fused-ring (bicyclic) bond motifs is 2. The molecule has 4 heterocycles. The Labute approximate surface area is 210 Å². The van der Waals surface area contributed by atoms with Crippen molar-refractivity contribution in [2.24, 2.45) is 0 Å². The Bertz CT molecular complexity index is 1680. The molecule has 1 atom stereocenters. The van der Waals surface area contributed by atoms with Gasteiger partial charge in [-0.2, -0.15) is 0 Å². The lowest BCUT2D eigenvalue weighted by atomic mass is 9.78. The monoisotopic (exact) mass is 497 g/mol. The van der Waals surface area contributed by atoms with Crippen LogP contribution in [0.3, 0.4) is 0 Å². The molecule has 8 nitrogen and oxygen atoms in total. The molecule has 0 bridgehead atoms. The number of aryl methyl sites for hydroxylation is 2. The van der Waals surface area contributed by atoms with Gasteiger partial charge in [-0.05, 0) is 49.1 Å². The Morgan fingerprint density at radius 3 is 2.59 bits per heavy atom. The first-order chi connectivity index (χ1) is 17.8. The predicted octanol–water partition coefficient (Wildman–Crippen LogP) is 4.09. The predicted molar refractivity (Wildman–Crippen MR) is 134 cm³/mol. The maximum absolute atomic E-state index is 14.2. The SMILES string of the molecule is CC1(c2ccc(F)cc2)C(=O)Nc2nc(-c3cn4ccnc4c(CCc4ccccc4F)n3)nc(N)c21. The lowest BCUT2D eigenvalue weighted by Gasteiger charge is -2.23. The van der Waals surface area contributed by atoms with E-state index in [4.69, 9.17) is 10.7 Å². The van der Waals surface area contributed by atoms with Crippen LogP contribution in [0.5, 0.6) is 0 Å². The third-order valence-electron chi connectivity index (χ3n) is 6.81. The van der Waals surface area contributed by atoms with Gasteiger partial charge in [0.1, 0.15) is 34.4 Å². The highest BCUT2D eigenvalue weighted by Crippen LogP contribution is 2.44. The third kappa shape index (κ3) is 3.68. The summed E-state index contributed by atoms with van der Waals surface area (Å²) < 4.78 is 29.5. The molecule has 0 saturated heterocycles. The topological polar surface area (TPSA) is 111 Å². The first-order valence-electron chi connectivity index (χ1n) is 11.7. The second-order valence-corrected chi connectivity index (χ2v) is 9.06. The van der Waals surface area contributed by atoms with Crippen LogP contribution in [-0.2, 0) is 23.1 Å². The zero-order valence-corrected chi connectivity index (χ0v) is 19.7. The van der Waals surface area contributed by atoms with Crippen molar-refractivity contribution in [1.82, 2.24) is 24.3 Å². The Hall–Kier alpha value is -4.73. The number of rotatable bonds is 5. The highest BCUT2D eigenvalue weighted by atomic mass is 19.1. The number of carbonyl (C=O) groups is 1. The molecule has 5 aromatic rings. The van der Waals surface area contributed by atoms with Crippen LogP contribution >= 0.6 is 0 Å². The van der Waals surface area contributed by atoms with Crippen molar-refractivity contribution in [2.75, 3.05) is 11.1 Å². The zero-order valence-electron chi connectivity index (χ0n) is 19.7. The minimum atomic E-state index is -1.18. The minimum Gasteiger partial charge on any atom is -0.383 e. The van der Waals surface area contributed by atoms with E-state index in [2.05, 4.69) is 20.3 Å². The van der Waals surface area contributed by atoms with Gasteiger partial charge in [0, 0.05) is 18.6 Å². The van der Waals surface area contributed by atoms with Crippen molar-refractivity contribution < 1.29 is 13.6 Å². The van der Waals surface area contributed by atoms with Crippen molar-refractivity contribution in [3.8, 4) is 11.5 Å². The number of benzene rings is 2. The number of anilines is 2. The summed E-state index contributed by atoms with van der Waals surface area (Å²) in [5.74, 6) is -0.395. The molecular formula is C27H21F2N7O. The number of amides is 1. The van der Waals surface area contributed by atoms with Gasteiger partial charge >= 0.3 is 0 Å². The number of nitrogens with two attached hydrogens (primary N) is 1. The first kappa shape index (κ1) is 22.7. The number of hydrogen-bond acceptors (Lipinski definition) is 6. The second kappa shape index (κ2) is 8.44. The Kier molecular flexibility index (Phi) is 5.18. The lowest BCUT2D eigenvalue weighted by molar-refractivity contribution is -0.119. The van der Waals surface area contributed by atoms with E-state index in [1.165, 1.54) is 18.2 Å². The van der Waals surface area contributed by atoms with Crippen LogP contribution in [0.1, 0.15) is 29.3 Å². The van der Waals surface area contributed by atoms with Crippen LogP contribution in [0.2, 0.25) is 0 Å². The van der Waals surface area contributed by atoms with Crippen LogP contribution in [0.25, 0.3) is 17.2 Å². The molecule has 1 amide bonds.